The number of hydrogen-bond donors (Lipinski definition) is 3. The maximum atomic E-state index is 14.4. The van der Waals surface area contributed by atoms with E-state index in [4.69, 9.17) is 14.3 Å². The summed E-state index contributed by atoms with van der Waals surface area (Å²) in [7, 11) is 2.75. The normalized spacial score (nSPS) is 16.9. The first kappa shape index (κ1) is 39.9. The topological polar surface area (TPSA) is 217 Å². The van der Waals surface area contributed by atoms with Crippen LogP contribution < -0.4 is 16.2 Å². The molecule has 2 aromatic heterocycles. The molecule has 4 aromatic rings. The van der Waals surface area contributed by atoms with E-state index < -0.39 is 58.4 Å². The average Bonchev–Trinajstić information content (AvgIpc) is 3.62. The largest absolute Gasteiger partial charge is 0.488 e. The molecule has 0 aliphatic carbocycles. The van der Waals surface area contributed by atoms with Gasteiger partial charge in [0, 0.05) is 23.9 Å². The summed E-state index contributed by atoms with van der Waals surface area (Å²) in [6, 6.07) is 17.2. The van der Waals surface area contributed by atoms with Gasteiger partial charge in [0.1, 0.15) is 35.5 Å². The molecular formula is C36H36N8O9S3. The van der Waals surface area contributed by atoms with Crippen LogP contribution in [0.5, 0.6) is 5.88 Å². The van der Waals surface area contributed by atoms with Gasteiger partial charge in [-0.3, -0.25) is 24.6 Å². The number of benzene rings is 2. The van der Waals surface area contributed by atoms with Gasteiger partial charge >= 0.3 is 17.6 Å². The van der Waals surface area contributed by atoms with Gasteiger partial charge in [-0.15, -0.1) is 28.2 Å². The third-order valence-corrected chi connectivity index (χ3v) is 11.2. The fraction of sp³-hybridized carbons (Fsp3) is 0.306. The quantitative estimate of drug-likeness (QED) is 0.0609. The van der Waals surface area contributed by atoms with E-state index in [0.717, 1.165) is 23.1 Å². The lowest BCUT2D eigenvalue weighted by Crippen LogP contribution is -2.71. The molecule has 3 amide bonds. The van der Waals surface area contributed by atoms with Gasteiger partial charge in [0.25, 0.3) is 17.7 Å². The van der Waals surface area contributed by atoms with Gasteiger partial charge in [-0.1, -0.05) is 77.6 Å². The van der Waals surface area contributed by atoms with Crippen molar-refractivity contribution >= 4 is 69.6 Å². The molecule has 1 fully saturated rings. The zero-order chi connectivity index (χ0) is 40.1. The molecule has 2 aliphatic heterocycles. The number of ether oxygens (including phenoxy) is 2. The number of aromatic hydroxyl groups is 1. The van der Waals surface area contributed by atoms with Crippen molar-refractivity contribution in [1.82, 2.24) is 30.0 Å². The van der Waals surface area contributed by atoms with Crippen LogP contribution in [0.1, 0.15) is 43.7 Å². The van der Waals surface area contributed by atoms with Gasteiger partial charge in [0.2, 0.25) is 0 Å². The summed E-state index contributed by atoms with van der Waals surface area (Å²) in [6.07, 6.45) is -1.56. The summed E-state index contributed by atoms with van der Waals surface area (Å²) in [5.74, 6) is -2.55. The fourth-order valence-electron chi connectivity index (χ4n) is 5.58. The molecule has 3 N–H and O–H groups in total. The number of aromatic nitrogens is 4. The number of thiazole rings is 1. The molecule has 0 radical (unpaired) electrons. The molecule has 17 nitrogen and oxygen atoms in total. The highest BCUT2D eigenvalue weighted by atomic mass is 32.2. The van der Waals surface area contributed by atoms with Gasteiger partial charge in [-0.2, -0.15) is 4.98 Å². The van der Waals surface area contributed by atoms with Crippen LogP contribution >= 0.6 is 34.9 Å². The summed E-state index contributed by atoms with van der Waals surface area (Å²) in [4.78, 5) is 80.7. The van der Waals surface area contributed by atoms with Crippen LogP contribution in [-0.2, 0) is 35.7 Å². The van der Waals surface area contributed by atoms with E-state index in [9.17, 15) is 29.1 Å². The molecule has 0 unspecified atom stereocenters. The number of fused-ring (bicyclic) bond motifs is 1. The first-order valence-electron chi connectivity index (χ1n) is 16.9. The predicted molar refractivity (Wildman–Crippen MR) is 208 cm³/mol. The molecule has 2 aliphatic rings. The molecule has 2 aromatic carbocycles. The first-order valence-corrected chi connectivity index (χ1v) is 19.8. The lowest BCUT2D eigenvalue weighted by Gasteiger charge is -2.49. The number of esters is 1. The summed E-state index contributed by atoms with van der Waals surface area (Å²) >= 11 is 3.42. The Morgan fingerprint density at radius 1 is 1.05 bits per heavy atom. The molecular weight excluding hydrogens is 785 g/mol. The Morgan fingerprint density at radius 3 is 2.34 bits per heavy atom. The second kappa shape index (κ2) is 17.0. The number of amides is 3. The van der Waals surface area contributed by atoms with E-state index in [1.165, 1.54) is 40.9 Å². The van der Waals surface area contributed by atoms with E-state index in [1.54, 1.807) is 20.8 Å². The Bertz CT molecular complexity index is 2220. The first-order chi connectivity index (χ1) is 26.7. The zero-order valence-corrected chi connectivity index (χ0v) is 33.1. The van der Waals surface area contributed by atoms with E-state index in [0.29, 0.717) is 16.7 Å². The van der Waals surface area contributed by atoms with Gasteiger partial charge in [0.15, 0.2) is 22.1 Å². The molecule has 0 spiro atoms. The van der Waals surface area contributed by atoms with Crippen molar-refractivity contribution in [2.75, 3.05) is 23.9 Å². The molecule has 2 atom stereocenters. The van der Waals surface area contributed by atoms with Crippen LogP contribution in [0.3, 0.4) is 0 Å². The summed E-state index contributed by atoms with van der Waals surface area (Å²) in [5.41, 5.74) is 0.0759. The van der Waals surface area contributed by atoms with E-state index >= 15 is 0 Å². The van der Waals surface area contributed by atoms with Crippen LogP contribution in [0.4, 0.5) is 9.93 Å². The Kier molecular flexibility index (Phi) is 12.1. The molecule has 20 heteroatoms. The number of anilines is 1. The number of thioether (sulfide) groups is 2. The summed E-state index contributed by atoms with van der Waals surface area (Å²) < 4.78 is 12.7. The Balaban J connectivity index is 1.26. The SMILES string of the molecule is CO/N=C(\C(=O)N[C@@H]1C(=O)N2C(C(=O)OC(c3ccccc3)c3ccccc3)=C(CSc3nc(=O)c(O)nn3C)CS[C@H]12)c1csc(NC(=O)OC(C)(C)C)n1. The number of nitrogens with zero attached hydrogens (tertiary/aromatic N) is 6. The van der Waals surface area contributed by atoms with E-state index in [-0.39, 0.29) is 38.9 Å². The minimum absolute atomic E-state index is 0.00603. The molecule has 0 saturated carbocycles. The Hall–Kier alpha value is -5.73. The molecule has 1 saturated heterocycles. The molecule has 6 rings (SSSR count). The second-order valence-corrected chi connectivity index (χ2v) is 16.0. The smallest absolute Gasteiger partial charge is 0.413 e. The highest BCUT2D eigenvalue weighted by Gasteiger charge is 2.55. The lowest BCUT2D eigenvalue weighted by atomic mass is 10.0. The highest BCUT2D eigenvalue weighted by molar-refractivity contribution is 8.01. The maximum absolute atomic E-state index is 14.4. The third kappa shape index (κ3) is 9.03. The van der Waals surface area contributed by atoms with E-state index in [1.807, 2.05) is 60.7 Å². The van der Waals surface area contributed by atoms with Gasteiger partial charge in [-0.25, -0.2) is 19.3 Å². The minimum atomic E-state index is -1.08. The third-order valence-electron chi connectivity index (χ3n) is 7.99. The van der Waals surface area contributed by atoms with E-state index in [2.05, 4.69) is 30.9 Å². The molecule has 4 heterocycles. The van der Waals surface area contributed by atoms with Crippen molar-refractivity contribution in [1.29, 1.82) is 0 Å². The Morgan fingerprint density at radius 2 is 1.71 bits per heavy atom. The van der Waals surface area contributed by atoms with Gasteiger partial charge < -0.3 is 24.7 Å². The van der Waals surface area contributed by atoms with Crippen LogP contribution in [0.15, 0.2) is 92.4 Å². The number of carbonyl (C=O) groups is 4. The number of β-lactam (4-membered cyclic amide) rings is 1. The van der Waals surface area contributed by atoms with Crippen LogP contribution in [0.25, 0.3) is 0 Å². The fourth-order valence-corrected chi connectivity index (χ4v) is 8.65. The second-order valence-electron chi connectivity index (χ2n) is 13.1. The summed E-state index contributed by atoms with van der Waals surface area (Å²) in [6.45, 7) is 5.14. The molecule has 56 heavy (non-hydrogen) atoms. The van der Waals surface area contributed by atoms with Crippen LogP contribution in [0.2, 0.25) is 0 Å². The number of carbonyl (C=O) groups excluding carboxylic acids is 4. The maximum Gasteiger partial charge on any atom is 0.413 e. The number of nitrogens with one attached hydrogen (secondary N) is 2. The summed E-state index contributed by atoms with van der Waals surface area (Å²) in [5, 5.41) is 23.6. The lowest BCUT2D eigenvalue weighted by molar-refractivity contribution is -0.154. The van der Waals surface area contributed by atoms with Gasteiger partial charge in [0.05, 0.1) is 0 Å². The van der Waals surface area contributed by atoms with Crippen LogP contribution in [-0.4, -0.2) is 95.0 Å². The number of oxime groups is 1. The zero-order valence-electron chi connectivity index (χ0n) is 30.6. The van der Waals surface area contributed by atoms with Crippen molar-refractivity contribution in [3.63, 3.8) is 0 Å². The van der Waals surface area contributed by atoms with Crippen molar-refractivity contribution in [2.24, 2.45) is 12.2 Å². The van der Waals surface area contributed by atoms with Crippen molar-refractivity contribution < 1.29 is 38.6 Å². The monoisotopic (exact) mass is 820 g/mol. The van der Waals surface area contributed by atoms with Crippen LogP contribution in [0, 0.1) is 0 Å². The standard InChI is InChI=1S/C36H36N8O9S3/c1-36(2,3)53-35(50)40-33-37-22(18-55-33)23(42-51-5)27(45)38-24-30(48)44-25(21(16-54-31(24)44)17-56-34-39-28(46)29(47)41-43(34)4)32(49)52-26(19-12-8-6-9-13-19)20-14-10-7-11-15-20/h6-15,18,24,26,31H,16-17H2,1-5H3,(H,38,45)(H,41,47)(H,37,40,50)/b42-23-/t24-,31-/m1/s1. The predicted octanol–water partition coefficient (Wildman–Crippen LogP) is 3.81. The molecule has 0 bridgehead atoms. The highest BCUT2D eigenvalue weighted by Crippen LogP contribution is 2.43. The number of hydrogen-bond acceptors (Lipinski definition) is 16. The minimum Gasteiger partial charge on any atom is -0.488 e. The van der Waals surface area contributed by atoms with Crippen molar-refractivity contribution in [2.45, 2.75) is 49.0 Å². The van der Waals surface area contributed by atoms with Gasteiger partial charge in [-0.05, 0) is 37.5 Å². The Labute approximate surface area is 332 Å². The van der Waals surface area contributed by atoms with Crippen molar-refractivity contribution in [3.05, 3.63) is 104 Å². The number of aryl methyl sites for hydroxylation is 1. The number of rotatable bonds is 12. The molecule has 292 valence electrons. The average molecular weight is 821 g/mol. The van der Waals surface area contributed by atoms with Crippen molar-refractivity contribution in [3.8, 4) is 5.88 Å².